The van der Waals surface area contributed by atoms with Gasteiger partial charge in [0.1, 0.15) is 0 Å². The molecule has 2 atom stereocenters. The molecule has 0 aromatic heterocycles. The van der Waals surface area contributed by atoms with Gasteiger partial charge in [0.25, 0.3) is 0 Å². The number of hydrogen-bond acceptors (Lipinski definition) is 4. The zero-order valence-electron chi connectivity index (χ0n) is 14.7. The molecule has 0 N–H and O–H groups in total. The number of benzene rings is 1. The van der Waals surface area contributed by atoms with E-state index < -0.39 is 15.7 Å². The van der Waals surface area contributed by atoms with E-state index in [1.807, 2.05) is 71.9 Å². The predicted octanol–water partition coefficient (Wildman–Crippen LogP) is 2.69. The summed E-state index contributed by atoms with van der Waals surface area (Å²) < 4.78 is 17.8. The first-order chi connectivity index (χ1) is 10.5. The predicted molar refractivity (Wildman–Crippen MR) is 90.9 cm³/mol. The zero-order valence-corrected chi connectivity index (χ0v) is 16.4. The van der Waals surface area contributed by atoms with Gasteiger partial charge in [-0.2, -0.15) is 0 Å². The van der Waals surface area contributed by atoms with Crippen LogP contribution in [0.1, 0.15) is 41.5 Å². The first-order valence-electron chi connectivity index (χ1n) is 7.81. The topological polar surface area (TPSA) is 44.8 Å². The van der Waals surface area contributed by atoms with Crippen molar-refractivity contribution < 1.29 is 19.0 Å². The van der Waals surface area contributed by atoms with Crippen LogP contribution in [0.5, 0.6) is 0 Å². The Hall–Kier alpha value is -0.871. The second-order valence-corrected chi connectivity index (χ2v) is 10.5. The molecule has 1 aliphatic rings. The monoisotopic (exact) mass is 386 g/mol. The standard InChI is InChI=1S/C18H26O4Se/c1-16(2,3)22-15(19)18(6,14-12-20-17(4,5)21-14)23-13-10-8-7-9-11-13/h7-11,14H,12H2,1-6H3/t14-,18?/m0/s1. The van der Waals surface area contributed by atoms with Crippen LogP contribution in [-0.2, 0) is 19.0 Å². The summed E-state index contributed by atoms with van der Waals surface area (Å²) >= 11 is -0.134. The Labute approximate surface area is 145 Å². The summed E-state index contributed by atoms with van der Waals surface area (Å²) in [6.07, 6.45) is -0.312. The van der Waals surface area contributed by atoms with Crippen molar-refractivity contribution in [2.45, 2.75) is 63.3 Å². The summed E-state index contributed by atoms with van der Waals surface area (Å²) in [6, 6.07) is 10.0. The molecule has 128 valence electrons. The van der Waals surface area contributed by atoms with Crippen molar-refractivity contribution in [1.29, 1.82) is 0 Å². The van der Waals surface area contributed by atoms with E-state index in [1.165, 1.54) is 0 Å². The Bertz CT molecular complexity index is 550. The molecule has 0 radical (unpaired) electrons. The van der Waals surface area contributed by atoms with Crippen LogP contribution in [-0.4, -0.2) is 45.0 Å². The van der Waals surface area contributed by atoms with Gasteiger partial charge in [-0.15, -0.1) is 0 Å². The van der Waals surface area contributed by atoms with E-state index in [9.17, 15) is 4.79 Å². The van der Waals surface area contributed by atoms with Crippen LogP contribution < -0.4 is 4.46 Å². The van der Waals surface area contributed by atoms with Gasteiger partial charge in [-0.3, -0.25) is 0 Å². The van der Waals surface area contributed by atoms with E-state index in [0.717, 1.165) is 4.46 Å². The van der Waals surface area contributed by atoms with Gasteiger partial charge < -0.3 is 0 Å². The Morgan fingerprint density at radius 2 is 1.83 bits per heavy atom. The molecule has 5 heteroatoms. The molecule has 4 nitrogen and oxygen atoms in total. The SMILES string of the molecule is CC(C)(C)OC(=O)C(C)([Se]c1ccccc1)[C@@H]1COC(C)(C)O1. The number of carbonyl (C=O) groups is 1. The van der Waals surface area contributed by atoms with Crippen molar-refractivity contribution in [3.05, 3.63) is 30.3 Å². The third-order valence-corrected chi connectivity index (χ3v) is 6.36. The van der Waals surface area contributed by atoms with Crippen molar-refractivity contribution in [3.8, 4) is 0 Å². The molecule has 1 aromatic rings. The molecule has 1 unspecified atom stereocenters. The van der Waals surface area contributed by atoms with Crippen LogP contribution in [0.3, 0.4) is 0 Å². The first kappa shape index (κ1) is 18.5. The number of carbonyl (C=O) groups excluding carboxylic acids is 1. The Morgan fingerprint density at radius 3 is 2.30 bits per heavy atom. The molecule has 0 aliphatic carbocycles. The molecule has 1 aliphatic heterocycles. The maximum absolute atomic E-state index is 12.9. The molecule has 1 fully saturated rings. The van der Waals surface area contributed by atoms with Crippen LogP contribution in [0.15, 0.2) is 30.3 Å². The van der Waals surface area contributed by atoms with Crippen LogP contribution >= 0.6 is 0 Å². The van der Waals surface area contributed by atoms with Gasteiger partial charge in [0.15, 0.2) is 0 Å². The second kappa shape index (κ2) is 6.56. The summed E-state index contributed by atoms with van der Waals surface area (Å²) in [5.74, 6) is -0.888. The van der Waals surface area contributed by atoms with E-state index in [-0.39, 0.29) is 27.0 Å². The fourth-order valence-electron chi connectivity index (χ4n) is 2.31. The number of ether oxygens (including phenoxy) is 3. The Balaban J connectivity index is 2.28. The molecule has 1 saturated heterocycles. The molecular formula is C18H26O4Se. The fraction of sp³-hybridized carbons (Fsp3) is 0.611. The average molecular weight is 385 g/mol. The number of hydrogen-bond donors (Lipinski definition) is 0. The molecule has 1 aromatic carbocycles. The van der Waals surface area contributed by atoms with E-state index in [0.29, 0.717) is 6.61 Å². The van der Waals surface area contributed by atoms with E-state index in [4.69, 9.17) is 14.2 Å². The van der Waals surface area contributed by atoms with Crippen molar-refractivity contribution in [3.63, 3.8) is 0 Å². The Kier molecular flexibility index (Phi) is 5.27. The molecule has 0 spiro atoms. The van der Waals surface area contributed by atoms with Crippen molar-refractivity contribution >= 4 is 25.4 Å². The van der Waals surface area contributed by atoms with Crippen LogP contribution in [0.4, 0.5) is 0 Å². The molecule has 1 heterocycles. The van der Waals surface area contributed by atoms with Gasteiger partial charge in [-0.05, 0) is 0 Å². The van der Waals surface area contributed by atoms with Gasteiger partial charge in [0.05, 0.1) is 0 Å². The van der Waals surface area contributed by atoms with Crippen molar-refractivity contribution in [2.75, 3.05) is 6.61 Å². The maximum atomic E-state index is 12.9. The summed E-state index contributed by atoms with van der Waals surface area (Å²) in [5.41, 5.74) is -0.528. The zero-order chi connectivity index (χ0) is 17.3. The van der Waals surface area contributed by atoms with Crippen molar-refractivity contribution in [2.24, 2.45) is 0 Å². The number of esters is 1. The Morgan fingerprint density at radius 1 is 1.22 bits per heavy atom. The van der Waals surface area contributed by atoms with Gasteiger partial charge in [-0.1, -0.05) is 0 Å². The van der Waals surface area contributed by atoms with Gasteiger partial charge in [-0.25, -0.2) is 0 Å². The minimum atomic E-state index is -0.741. The molecule has 23 heavy (non-hydrogen) atoms. The summed E-state index contributed by atoms with van der Waals surface area (Å²) in [6.45, 7) is 11.7. The summed E-state index contributed by atoms with van der Waals surface area (Å²) in [4.78, 5) is 12.9. The molecular weight excluding hydrogens is 359 g/mol. The van der Waals surface area contributed by atoms with Gasteiger partial charge in [0.2, 0.25) is 0 Å². The van der Waals surface area contributed by atoms with E-state index in [2.05, 4.69) is 0 Å². The average Bonchev–Trinajstić information content (AvgIpc) is 2.78. The molecule has 0 saturated carbocycles. The van der Waals surface area contributed by atoms with Gasteiger partial charge in [0, 0.05) is 0 Å². The third kappa shape index (κ3) is 4.80. The fourth-order valence-corrected chi connectivity index (χ4v) is 4.73. The third-order valence-electron chi connectivity index (χ3n) is 3.50. The van der Waals surface area contributed by atoms with Crippen molar-refractivity contribution in [1.82, 2.24) is 0 Å². The minimum absolute atomic E-state index is 0.134. The number of rotatable bonds is 4. The first-order valence-corrected chi connectivity index (χ1v) is 9.52. The normalized spacial score (nSPS) is 23.3. The summed E-state index contributed by atoms with van der Waals surface area (Å²) in [5, 5.41) is 0. The second-order valence-electron chi connectivity index (χ2n) is 7.34. The van der Waals surface area contributed by atoms with E-state index >= 15 is 0 Å². The van der Waals surface area contributed by atoms with Crippen LogP contribution in [0.25, 0.3) is 0 Å². The molecule has 0 bridgehead atoms. The molecule has 0 amide bonds. The quantitative estimate of drug-likeness (QED) is 0.591. The van der Waals surface area contributed by atoms with E-state index in [1.54, 1.807) is 0 Å². The van der Waals surface area contributed by atoms with Crippen LogP contribution in [0, 0.1) is 0 Å². The van der Waals surface area contributed by atoms with Crippen LogP contribution in [0.2, 0.25) is 4.31 Å². The molecule has 2 rings (SSSR count). The summed E-state index contributed by atoms with van der Waals surface area (Å²) in [7, 11) is 0. The van der Waals surface area contributed by atoms with Gasteiger partial charge >= 0.3 is 145 Å².